The third kappa shape index (κ3) is 5.54. The molecule has 5 N–H and O–H groups in total. The predicted octanol–water partition coefficient (Wildman–Crippen LogP) is -0.581. The fourth-order valence-electron chi connectivity index (χ4n) is 4.90. The highest BCUT2D eigenvalue weighted by atomic mass is 16.4. The lowest BCUT2D eigenvalue weighted by Crippen LogP contribution is -2.56. The van der Waals surface area contributed by atoms with E-state index in [4.69, 9.17) is 5.73 Å². The summed E-state index contributed by atoms with van der Waals surface area (Å²) < 4.78 is 0. The fraction of sp³-hybridized carbons (Fsp3) is 0.810. The van der Waals surface area contributed by atoms with Gasteiger partial charge < -0.3 is 31.3 Å². The first kappa shape index (κ1) is 23.5. The number of carbonyl (C=O) groups excluding carboxylic acids is 3. The molecule has 174 valence electrons. The van der Waals surface area contributed by atoms with Gasteiger partial charge in [0.2, 0.25) is 17.7 Å². The summed E-state index contributed by atoms with van der Waals surface area (Å²) >= 11 is 0. The maximum absolute atomic E-state index is 13.3. The van der Waals surface area contributed by atoms with E-state index in [2.05, 4.69) is 10.6 Å². The van der Waals surface area contributed by atoms with Gasteiger partial charge in [0.05, 0.1) is 6.04 Å². The van der Waals surface area contributed by atoms with E-state index in [0.717, 1.165) is 25.8 Å². The summed E-state index contributed by atoms with van der Waals surface area (Å²) in [4.78, 5) is 53.8. The van der Waals surface area contributed by atoms with Crippen LogP contribution in [0.4, 0.5) is 0 Å². The Hall–Kier alpha value is -2.20. The van der Waals surface area contributed by atoms with E-state index in [-0.39, 0.29) is 17.9 Å². The minimum absolute atomic E-state index is 0.0283. The van der Waals surface area contributed by atoms with E-state index >= 15 is 0 Å². The lowest BCUT2D eigenvalue weighted by atomic mass is 10.1. The monoisotopic (exact) mass is 437 g/mol. The second-order valence-electron chi connectivity index (χ2n) is 8.71. The molecule has 4 atom stereocenters. The van der Waals surface area contributed by atoms with Crippen molar-refractivity contribution in [2.24, 2.45) is 5.73 Å². The molecular formula is C21H35N5O5. The highest BCUT2D eigenvalue weighted by Gasteiger charge is 2.43. The molecule has 3 rings (SSSR count). The zero-order valence-electron chi connectivity index (χ0n) is 18.1. The number of aliphatic carboxylic acids is 1. The van der Waals surface area contributed by atoms with Crippen LogP contribution in [0.5, 0.6) is 0 Å². The minimum atomic E-state index is -1.09. The van der Waals surface area contributed by atoms with E-state index < -0.39 is 30.0 Å². The van der Waals surface area contributed by atoms with Gasteiger partial charge in [-0.1, -0.05) is 0 Å². The molecule has 0 spiro atoms. The number of hydrogen-bond donors (Lipinski definition) is 4. The summed E-state index contributed by atoms with van der Waals surface area (Å²) in [5.74, 6) is -1.74. The lowest BCUT2D eigenvalue weighted by Gasteiger charge is -2.32. The van der Waals surface area contributed by atoms with Crippen LogP contribution in [0, 0.1) is 0 Å². The number of nitrogens with zero attached hydrogens (tertiary/aromatic N) is 2. The van der Waals surface area contributed by atoms with Gasteiger partial charge in [0, 0.05) is 13.1 Å². The molecule has 0 aromatic rings. The first-order chi connectivity index (χ1) is 14.9. The maximum atomic E-state index is 13.3. The Morgan fingerprint density at radius 3 is 2.26 bits per heavy atom. The Balaban J connectivity index is 1.63. The zero-order valence-corrected chi connectivity index (χ0v) is 18.1. The van der Waals surface area contributed by atoms with E-state index in [1.165, 1.54) is 0 Å². The highest BCUT2D eigenvalue weighted by Crippen LogP contribution is 2.26. The van der Waals surface area contributed by atoms with Gasteiger partial charge >= 0.3 is 5.97 Å². The van der Waals surface area contributed by atoms with E-state index in [1.54, 1.807) is 9.80 Å². The number of likely N-dealkylation sites (tertiary alicyclic amines) is 2. The summed E-state index contributed by atoms with van der Waals surface area (Å²) in [5.41, 5.74) is 5.46. The molecule has 10 heteroatoms. The maximum Gasteiger partial charge on any atom is 0.326 e. The molecule has 0 aromatic carbocycles. The highest BCUT2D eigenvalue weighted by molar-refractivity contribution is 5.94. The van der Waals surface area contributed by atoms with Gasteiger partial charge in [0.15, 0.2) is 0 Å². The third-order valence-corrected chi connectivity index (χ3v) is 6.58. The number of carboxylic acids is 1. The number of carboxylic acid groups (broad SMARTS) is 1. The van der Waals surface area contributed by atoms with E-state index in [9.17, 15) is 24.3 Å². The van der Waals surface area contributed by atoms with Crippen molar-refractivity contribution in [3.63, 3.8) is 0 Å². The van der Waals surface area contributed by atoms with Gasteiger partial charge in [-0.2, -0.15) is 0 Å². The molecule has 3 fully saturated rings. The Labute approximate surface area is 182 Å². The van der Waals surface area contributed by atoms with Crippen molar-refractivity contribution in [3.05, 3.63) is 0 Å². The minimum Gasteiger partial charge on any atom is -0.480 e. The summed E-state index contributed by atoms with van der Waals surface area (Å²) in [5, 5.41) is 15.2. The number of amides is 3. The second-order valence-corrected chi connectivity index (χ2v) is 8.71. The van der Waals surface area contributed by atoms with Crippen LogP contribution >= 0.6 is 0 Å². The Bertz CT molecular complexity index is 681. The molecule has 3 saturated heterocycles. The van der Waals surface area contributed by atoms with Crippen LogP contribution in [0.25, 0.3) is 0 Å². The molecule has 0 unspecified atom stereocenters. The topological polar surface area (TPSA) is 145 Å². The van der Waals surface area contributed by atoms with Crippen molar-refractivity contribution in [1.29, 1.82) is 0 Å². The van der Waals surface area contributed by atoms with E-state index in [1.807, 2.05) is 0 Å². The van der Waals surface area contributed by atoms with Crippen LogP contribution in [0.2, 0.25) is 0 Å². The lowest BCUT2D eigenvalue weighted by molar-refractivity contribution is -0.148. The van der Waals surface area contributed by atoms with Crippen molar-refractivity contribution in [2.45, 2.75) is 82.0 Å². The number of unbranched alkanes of at least 4 members (excludes halogenated alkanes) is 1. The summed E-state index contributed by atoms with van der Waals surface area (Å²) in [6.07, 6.45) is 5.87. The van der Waals surface area contributed by atoms with Gasteiger partial charge in [-0.15, -0.1) is 0 Å². The molecular weight excluding hydrogens is 402 g/mol. The molecule has 3 amide bonds. The van der Waals surface area contributed by atoms with Gasteiger partial charge in [-0.25, -0.2) is 4.79 Å². The average Bonchev–Trinajstić information content (AvgIpc) is 3.52. The van der Waals surface area contributed by atoms with Gasteiger partial charge in [-0.05, 0) is 70.9 Å². The Morgan fingerprint density at radius 2 is 1.65 bits per heavy atom. The van der Waals surface area contributed by atoms with Gasteiger partial charge in [0.25, 0.3) is 0 Å². The van der Waals surface area contributed by atoms with Crippen molar-refractivity contribution in [2.75, 3.05) is 26.2 Å². The van der Waals surface area contributed by atoms with Crippen LogP contribution in [0.3, 0.4) is 0 Å². The molecule has 0 aliphatic carbocycles. The van der Waals surface area contributed by atoms with Crippen molar-refractivity contribution < 1.29 is 24.3 Å². The molecule has 3 heterocycles. The molecule has 3 aliphatic heterocycles. The molecule has 0 bridgehead atoms. The largest absolute Gasteiger partial charge is 0.480 e. The smallest absolute Gasteiger partial charge is 0.326 e. The van der Waals surface area contributed by atoms with Crippen molar-refractivity contribution in [1.82, 2.24) is 20.4 Å². The van der Waals surface area contributed by atoms with Crippen LogP contribution in [-0.2, 0) is 19.2 Å². The number of hydrogen-bond acceptors (Lipinski definition) is 6. The molecule has 0 aromatic heterocycles. The molecule has 31 heavy (non-hydrogen) atoms. The summed E-state index contributed by atoms with van der Waals surface area (Å²) in [6, 6.07) is -2.44. The molecule has 10 nitrogen and oxygen atoms in total. The predicted molar refractivity (Wildman–Crippen MR) is 113 cm³/mol. The Morgan fingerprint density at radius 1 is 0.968 bits per heavy atom. The second kappa shape index (κ2) is 10.9. The number of nitrogens with one attached hydrogen (secondary N) is 2. The third-order valence-electron chi connectivity index (χ3n) is 6.58. The van der Waals surface area contributed by atoms with Gasteiger partial charge in [-0.3, -0.25) is 14.4 Å². The van der Waals surface area contributed by atoms with Gasteiger partial charge in [0.1, 0.15) is 18.1 Å². The quantitative estimate of drug-likeness (QED) is 0.353. The van der Waals surface area contributed by atoms with Crippen LogP contribution in [0.1, 0.15) is 57.8 Å². The van der Waals surface area contributed by atoms with Crippen molar-refractivity contribution in [3.8, 4) is 0 Å². The number of carbonyl (C=O) groups is 4. The van der Waals surface area contributed by atoms with Crippen molar-refractivity contribution >= 4 is 23.7 Å². The molecule has 0 saturated carbocycles. The summed E-state index contributed by atoms with van der Waals surface area (Å²) in [6.45, 7) is 2.29. The first-order valence-corrected chi connectivity index (χ1v) is 11.5. The Kier molecular flexibility index (Phi) is 8.25. The van der Waals surface area contributed by atoms with Crippen LogP contribution < -0.4 is 16.4 Å². The molecule has 0 radical (unpaired) electrons. The first-order valence-electron chi connectivity index (χ1n) is 11.5. The van der Waals surface area contributed by atoms with E-state index in [0.29, 0.717) is 58.2 Å². The van der Waals surface area contributed by atoms with Crippen LogP contribution in [0.15, 0.2) is 0 Å². The normalized spacial score (nSPS) is 26.8. The fourth-order valence-corrected chi connectivity index (χ4v) is 4.90. The molecule has 3 aliphatic rings. The SMILES string of the molecule is NCCCC[C@H](NC(=O)[C@@H]1CCCN1C(=O)[C@@H]1CCCN1C(=O)[C@@H]1CCCN1)C(=O)O. The average molecular weight is 438 g/mol. The number of nitrogens with two attached hydrogens (primary N) is 1. The number of rotatable bonds is 9. The standard InChI is InChI=1S/C21H35N5O5/c22-10-2-1-6-15(21(30)31)24-18(27)16-8-4-12-25(16)20(29)17-9-5-13-26(17)19(28)14-7-3-11-23-14/h14-17,23H,1-13,22H2,(H,24,27)(H,30,31)/t14-,15-,16-,17-/m0/s1. The van der Waals surface area contributed by atoms with Crippen LogP contribution in [-0.4, -0.2) is 88.9 Å². The summed E-state index contributed by atoms with van der Waals surface area (Å²) in [7, 11) is 0. The zero-order chi connectivity index (χ0) is 22.4.